The number of nitrogens with one attached hydrogen (secondary N) is 3. The van der Waals surface area contributed by atoms with Crippen LogP contribution in [0.15, 0.2) is 24.3 Å². The van der Waals surface area contributed by atoms with Gasteiger partial charge in [-0.3, -0.25) is 4.79 Å². The number of hydrogen-bond donors (Lipinski definition) is 4. The van der Waals surface area contributed by atoms with Crippen LogP contribution >= 0.6 is 11.6 Å². The number of carbonyl (C=O) groups is 2. The van der Waals surface area contributed by atoms with Crippen LogP contribution in [0.3, 0.4) is 0 Å². The van der Waals surface area contributed by atoms with Crippen LogP contribution in [0.1, 0.15) is 89.5 Å². The minimum absolute atomic E-state index is 0.0361. The highest BCUT2D eigenvalue weighted by atomic mass is 35.5. The first kappa shape index (κ1) is 30.7. The Morgan fingerprint density at radius 2 is 1.97 bits per heavy atom. The van der Waals surface area contributed by atoms with Gasteiger partial charge in [-0.15, -0.1) is 0 Å². The Kier molecular flexibility index (Phi) is 12.7. The number of aliphatic hydroxyl groups is 1. The van der Waals surface area contributed by atoms with E-state index in [-0.39, 0.29) is 23.9 Å². The molecule has 1 aromatic carbocycles. The predicted octanol–water partition coefficient (Wildman–Crippen LogP) is 5.20. The molecule has 0 aromatic heterocycles. The first-order chi connectivity index (χ1) is 18.4. The molecule has 214 valence electrons. The molecule has 2 fully saturated rings. The maximum Gasteiger partial charge on any atom is 0.317 e. The van der Waals surface area contributed by atoms with Gasteiger partial charge >= 0.3 is 6.03 Å². The number of carbonyl (C=O) groups excluding carboxylic acids is 2. The van der Waals surface area contributed by atoms with E-state index in [0.717, 1.165) is 37.8 Å². The zero-order valence-electron chi connectivity index (χ0n) is 23.4. The molecule has 38 heavy (non-hydrogen) atoms. The lowest BCUT2D eigenvalue weighted by atomic mass is 9.74. The molecule has 2 aliphatic rings. The van der Waals surface area contributed by atoms with Crippen LogP contribution in [0.4, 0.5) is 4.79 Å². The normalized spacial score (nSPS) is 20.9. The Morgan fingerprint density at radius 3 is 2.68 bits per heavy atom. The van der Waals surface area contributed by atoms with Crippen LogP contribution in [0.2, 0.25) is 5.02 Å². The van der Waals surface area contributed by atoms with Gasteiger partial charge < -0.3 is 26.0 Å². The second-order valence-electron chi connectivity index (χ2n) is 11.4. The Bertz CT molecular complexity index is 879. The third-order valence-corrected chi connectivity index (χ3v) is 8.60. The molecule has 0 radical (unpaired) electrons. The summed E-state index contributed by atoms with van der Waals surface area (Å²) in [5.41, 5.74) is -0.353. The molecule has 0 bridgehead atoms. The van der Waals surface area contributed by atoms with Crippen molar-refractivity contribution in [2.75, 3.05) is 33.2 Å². The number of nitrogens with zero attached hydrogens (tertiary/aromatic N) is 1. The molecule has 3 amide bonds. The summed E-state index contributed by atoms with van der Waals surface area (Å²) in [5, 5.41) is 22.2. The molecule has 4 N–H and O–H groups in total. The molecule has 1 aliphatic carbocycles. The number of likely N-dealkylation sites (tertiary alicyclic amines) is 1. The van der Waals surface area contributed by atoms with Crippen LogP contribution in [-0.2, 0) is 10.4 Å². The maximum atomic E-state index is 13.4. The fourth-order valence-corrected chi connectivity index (χ4v) is 6.52. The van der Waals surface area contributed by atoms with Crippen molar-refractivity contribution in [3.8, 4) is 0 Å². The molecule has 1 aliphatic heterocycles. The Morgan fingerprint density at radius 1 is 1.18 bits per heavy atom. The van der Waals surface area contributed by atoms with Crippen molar-refractivity contribution in [1.29, 1.82) is 0 Å². The fraction of sp³-hybridized carbons (Fsp3) is 0.733. The smallest absolute Gasteiger partial charge is 0.317 e. The average Bonchev–Trinajstić information content (AvgIpc) is 2.92. The monoisotopic (exact) mass is 548 g/mol. The molecule has 2 unspecified atom stereocenters. The van der Waals surface area contributed by atoms with Gasteiger partial charge in [-0.25, -0.2) is 4.79 Å². The highest BCUT2D eigenvalue weighted by molar-refractivity contribution is 6.30. The van der Waals surface area contributed by atoms with Crippen LogP contribution < -0.4 is 16.0 Å². The van der Waals surface area contributed by atoms with Crippen molar-refractivity contribution >= 4 is 23.5 Å². The Labute approximate surface area is 234 Å². The van der Waals surface area contributed by atoms with Crippen LogP contribution in [0.25, 0.3) is 0 Å². The summed E-state index contributed by atoms with van der Waals surface area (Å²) >= 11 is 6.32. The summed E-state index contributed by atoms with van der Waals surface area (Å²) in [4.78, 5) is 27.2. The molecule has 0 spiro atoms. The lowest BCUT2D eigenvalue weighted by molar-refractivity contribution is -0.121. The van der Waals surface area contributed by atoms with E-state index in [4.69, 9.17) is 11.6 Å². The summed E-state index contributed by atoms with van der Waals surface area (Å²) in [6.45, 7) is 4.45. The lowest BCUT2D eigenvalue weighted by Crippen LogP contribution is -2.54. The molecule has 1 saturated heterocycles. The van der Waals surface area contributed by atoms with Crippen molar-refractivity contribution in [2.45, 2.75) is 95.6 Å². The van der Waals surface area contributed by atoms with E-state index in [0.29, 0.717) is 49.8 Å². The number of benzene rings is 1. The van der Waals surface area contributed by atoms with Crippen molar-refractivity contribution in [3.05, 3.63) is 34.9 Å². The molecular formula is C30H49ClN4O3. The van der Waals surface area contributed by atoms with Gasteiger partial charge in [0.25, 0.3) is 0 Å². The second-order valence-corrected chi connectivity index (χ2v) is 11.8. The van der Waals surface area contributed by atoms with E-state index in [2.05, 4.69) is 16.0 Å². The van der Waals surface area contributed by atoms with Gasteiger partial charge in [0.2, 0.25) is 5.91 Å². The van der Waals surface area contributed by atoms with Crippen LogP contribution in [0.5, 0.6) is 0 Å². The zero-order valence-corrected chi connectivity index (χ0v) is 24.2. The van der Waals surface area contributed by atoms with Crippen molar-refractivity contribution in [1.82, 2.24) is 20.9 Å². The first-order valence-electron chi connectivity index (χ1n) is 14.8. The number of hydrogen-bond acceptors (Lipinski definition) is 4. The lowest BCUT2D eigenvalue weighted by Gasteiger charge is -2.43. The molecular weight excluding hydrogens is 500 g/mol. The van der Waals surface area contributed by atoms with E-state index >= 15 is 0 Å². The number of likely N-dealkylation sites (N-methyl/N-ethyl adjacent to an activating group) is 1. The summed E-state index contributed by atoms with van der Waals surface area (Å²) in [6.07, 6.45) is 11.6. The van der Waals surface area contributed by atoms with Crippen molar-refractivity contribution in [3.63, 3.8) is 0 Å². The molecule has 8 heteroatoms. The van der Waals surface area contributed by atoms with E-state index in [1.165, 1.54) is 32.1 Å². The van der Waals surface area contributed by atoms with Gasteiger partial charge in [0.1, 0.15) is 0 Å². The summed E-state index contributed by atoms with van der Waals surface area (Å²) in [6, 6.07) is 7.51. The third kappa shape index (κ3) is 9.13. The highest BCUT2D eigenvalue weighted by Gasteiger charge is 2.41. The van der Waals surface area contributed by atoms with E-state index in [9.17, 15) is 14.7 Å². The second kappa shape index (κ2) is 15.7. The van der Waals surface area contributed by atoms with Gasteiger partial charge in [0, 0.05) is 49.6 Å². The Hall–Kier alpha value is -1.83. The van der Waals surface area contributed by atoms with Gasteiger partial charge in [-0.05, 0) is 69.2 Å². The minimum atomic E-state index is -1.13. The standard InChI is InChI=1S/C30H49ClN4O3/c1-3-10-28(36)33-17-9-16-30(38,24-13-7-15-26(31)20-24)25-14-8-18-35(22-25)29(37)34-27(21-32-2)19-23-11-5-4-6-12-23/h7,13,15,20,23,25,27,32,38H,3-6,8-12,14,16-19,21-22H2,1-2H3,(H,33,36)(H,34,37)/t25?,27?,30-/m1/s1. The Balaban J connectivity index is 1.67. The van der Waals surface area contributed by atoms with E-state index in [1.54, 1.807) is 0 Å². The number of rotatable bonds is 13. The predicted molar refractivity (Wildman–Crippen MR) is 154 cm³/mol. The minimum Gasteiger partial charge on any atom is -0.385 e. The number of piperidine rings is 1. The summed E-state index contributed by atoms with van der Waals surface area (Å²) < 4.78 is 0. The first-order valence-corrected chi connectivity index (χ1v) is 15.2. The van der Waals surface area contributed by atoms with Crippen molar-refractivity contribution in [2.24, 2.45) is 11.8 Å². The maximum absolute atomic E-state index is 13.4. The number of halogens is 1. The highest BCUT2D eigenvalue weighted by Crippen LogP contribution is 2.40. The molecule has 1 heterocycles. The van der Waals surface area contributed by atoms with Gasteiger partial charge in [0.05, 0.1) is 5.60 Å². The van der Waals surface area contributed by atoms with Gasteiger partial charge in [-0.2, -0.15) is 0 Å². The van der Waals surface area contributed by atoms with Gasteiger partial charge in [0.15, 0.2) is 0 Å². The zero-order chi connectivity index (χ0) is 27.4. The van der Waals surface area contributed by atoms with E-state index < -0.39 is 5.60 Å². The quantitative estimate of drug-likeness (QED) is 0.255. The molecule has 3 atom stereocenters. The molecule has 7 nitrogen and oxygen atoms in total. The molecule has 3 rings (SSSR count). The average molecular weight is 549 g/mol. The third-order valence-electron chi connectivity index (χ3n) is 8.36. The van der Waals surface area contributed by atoms with Crippen LogP contribution in [-0.4, -0.2) is 61.2 Å². The molecule has 1 saturated carbocycles. The molecule has 1 aromatic rings. The SMILES string of the molecule is CCCC(=O)NCCC[C@@](O)(c1cccc(Cl)c1)C1CCCN(C(=O)NC(CNC)CC2CCCCC2)C1. The fourth-order valence-electron chi connectivity index (χ4n) is 6.33. The topological polar surface area (TPSA) is 93.7 Å². The summed E-state index contributed by atoms with van der Waals surface area (Å²) in [5.74, 6) is 0.610. The number of urea groups is 1. The van der Waals surface area contributed by atoms with E-state index in [1.807, 2.05) is 43.1 Å². The largest absolute Gasteiger partial charge is 0.385 e. The van der Waals surface area contributed by atoms with Crippen molar-refractivity contribution < 1.29 is 14.7 Å². The van der Waals surface area contributed by atoms with Gasteiger partial charge in [-0.1, -0.05) is 62.8 Å². The summed E-state index contributed by atoms with van der Waals surface area (Å²) in [7, 11) is 1.94. The number of amides is 3. The van der Waals surface area contributed by atoms with Crippen LogP contribution in [0, 0.1) is 11.8 Å².